The van der Waals surface area contributed by atoms with Crippen LogP contribution in [0.1, 0.15) is 36.7 Å². The van der Waals surface area contributed by atoms with E-state index in [1.165, 1.54) is 0 Å². The number of likely N-dealkylation sites (tertiary alicyclic amines) is 1. The molecule has 20 heavy (non-hydrogen) atoms. The summed E-state index contributed by atoms with van der Waals surface area (Å²) in [6, 6.07) is 4.09. The number of aromatic nitrogens is 1. The lowest BCUT2D eigenvalue weighted by Crippen LogP contribution is -2.49. The lowest BCUT2D eigenvalue weighted by molar-refractivity contribution is -0.132. The van der Waals surface area contributed by atoms with Crippen LogP contribution in [0.25, 0.3) is 0 Å². The van der Waals surface area contributed by atoms with Gasteiger partial charge in [0.15, 0.2) is 0 Å². The molecule has 0 bridgehead atoms. The van der Waals surface area contributed by atoms with Crippen molar-refractivity contribution >= 4 is 5.91 Å². The number of carbonyl (C=O) groups is 1. The number of piperidine rings is 1. The van der Waals surface area contributed by atoms with Gasteiger partial charge in [0.2, 0.25) is 5.91 Å². The van der Waals surface area contributed by atoms with Crippen molar-refractivity contribution in [1.29, 1.82) is 5.26 Å². The summed E-state index contributed by atoms with van der Waals surface area (Å²) in [4.78, 5) is 17.5. The second-order valence-electron chi connectivity index (χ2n) is 5.90. The average Bonchev–Trinajstić information content (AvgIpc) is 2.77. The normalized spacial score (nSPS) is 23.3. The number of rotatable bonds is 3. The highest BCUT2D eigenvalue weighted by molar-refractivity contribution is 5.82. The predicted octanol–water partition coefficient (Wildman–Crippen LogP) is 1.54. The van der Waals surface area contributed by atoms with Crippen molar-refractivity contribution in [1.82, 2.24) is 15.2 Å². The van der Waals surface area contributed by atoms with Crippen LogP contribution >= 0.6 is 0 Å². The van der Waals surface area contributed by atoms with Crippen LogP contribution in [0, 0.1) is 23.7 Å². The third-order valence-electron chi connectivity index (χ3n) is 4.14. The second kappa shape index (κ2) is 5.68. The number of amides is 1. The highest BCUT2D eigenvalue weighted by atomic mass is 16.2. The fourth-order valence-corrected chi connectivity index (χ4v) is 3.04. The molecule has 5 nitrogen and oxygen atoms in total. The first-order valence-corrected chi connectivity index (χ1v) is 7.01. The fourth-order valence-electron chi connectivity index (χ4n) is 3.04. The summed E-state index contributed by atoms with van der Waals surface area (Å²) in [5.74, 6) is 0.114. The van der Waals surface area contributed by atoms with Gasteiger partial charge in [-0.15, -0.1) is 0 Å². The Kier molecular flexibility index (Phi) is 4.15. The number of nitrogens with zero attached hydrogens (tertiary/aromatic N) is 2. The number of nitriles is 1. The second-order valence-corrected chi connectivity index (χ2v) is 5.90. The van der Waals surface area contributed by atoms with Gasteiger partial charge < -0.3 is 10.3 Å². The molecule has 1 saturated heterocycles. The average molecular weight is 274 g/mol. The number of aryl methyl sites for hydroxylation is 1. The summed E-state index contributed by atoms with van der Waals surface area (Å²) < 4.78 is 0. The minimum Gasteiger partial charge on any atom is -0.360 e. The molecule has 1 amide bonds. The molecule has 0 saturated carbocycles. The number of nitrogens with one attached hydrogen (secondary N) is 2. The molecule has 108 valence electrons. The number of hydrogen-bond acceptors (Lipinski definition) is 3. The number of carbonyl (C=O) groups excluding carboxylic acids is 1. The minimum atomic E-state index is -0.313. The van der Waals surface area contributed by atoms with Crippen LogP contribution in [0.5, 0.6) is 0 Å². The summed E-state index contributed by atoms with van der Waals surface area (Å²) in [5.41, 5.74) is 2.34. The van der Waals surface area contributed by atoms with E-state index in [2.05, 4.69) is 21.3 Å². The van der Waals surface area contributed by atoms with Gasteiger partial charge >= 0.3 is 0 Å². The van der Waals surface area contributed by atoms with Crippen molar-refractivity contribution in [2.45, 2.75) is 33.2 Å². The standard InChI is InChI=1S/C15H22N4O/c1-11-12(8-16)7-13(18-11)9-19-6-4-5-15(2,10-19)14(20)17-3/h7,18H,4-6,9-10H2,1-3H3,(H,17,20)/t15-/m0/s1. The quantitative estimate of drug-likeness (QED) is 0.878. The first-order chi connectivity index (χ1) is 9.48. The van der Waals surface area contributed by atoms with E-state index in [9.17, 15) is 4.79 Å². The van der Waals surface area contributed by atoms with Gasteiger partial charge in [-0.3, -0.25) is 9.69 Å². The summed E-state index contributed by atoms with van der Waals surface area (Å²) >= 11 is 0. The van der Waals surface area contributed by atoms with Crippen LogP contribution in [0.3, 0.4) is 0 Å². The van der Waals surface area contributed by atoms with Crippen molar-refractivity contribution < 1.29 is 4.79 Å². The Bertz CT molecular complexity index is 543. The van der Waals surface area contributed by atoms with E-state index in [0.717, 1.165) is 43.9 Å². The Morgan fingerprint density at radius 1 is 1.65 bits per heavy atom. The van der Waals surface area contributed by atoms with Crippen LogP contribution in [-0.4, -0.2) is 35.9 Å². The Labute approximate surface area is 120 Å². The maximum absolute atomic E-state index is 12.0. The number of aromatic amines is 1. The van der Waals surface area contributed by atoms with Crippen LogP contribution in [0.2, 0.25) is 0 Å². The molecule has 1 fully saturated rings. The third kappa shape index (κ3) is 2.86. The molecule has 2 rings (SSSR count). The van der Waals surface area contributed by atoms with Crippen LogP contribution in [0.15, 0.2) is 6.07 Å². The lowest BCUT2D eigenvalue weighted by Gasteiger charge is -2.38. The van der Waals surface area contributed by atoms with Crippen molar-refractivity contribution in [2.75, 3.05) is 20.1 Å². The van der Waals surface area contributed by atoms with Crippen molar-refractivity contribution in [2.24, 2.45) is 5.41 Å². The van der Waals surface area contributed by atoms with Gasteiger partial charge in [0.25, 0.3) is 0 Å². The van der Waals surface area contributed by atoms with Gasteiger partial charge in [0, 0.05) is 31.5 Å². The van der Waals surface area contributed by atoms with Crippen molar-refractivity contribution in [3.63, 3.8) is 0 Å². The van der Waals surface area contributed by atoms with E-state index in [-0.39, 0.29) is 11.3 Å². The van der Waals surface area contributed by atoms with E-state index >= 15 is 0 Å². The molecule has 1 aliphatic heterocycles. The van der Waals surface area contributed by atoms with Crippen LogP contribution < -0.4 is 5.32 Å². The Morgan fingerprint density at radius 3 is 3.00 bits per heavy atom. The SMILES string of the molecule is CNC(=O)[C@@]1(C)CCCN(Cc2cc(C#N)c(C)[nH]2)C1. The fraction of sp³-hybridized carbons (Fsp3) is 0.600. The summed E-state index contributed by atoms with van der Waals surface area (Å²) in [7, 11) is 1.69. The smallest absolute Gasteiger partial charge is 0.226 e. The molecule has 1 aromatic rings. The highest BCUT2D eigenvalue weighted by Crippen LogP contribution is 2.30. The van der Waals surface area contributed by atoms with Crippen molar-refractivity contribution in [3.8, 4) is 6.07 Å². The molecule has 5 heteroatoms. The molecule has 0 radical (unpaired) electrons. The summed E-state index contributed by atoms with van der Waals surface area (Å²) in [6.07, 6.45) is 1.95. The predicted molar refractivity (Wildman–Crippen MR) is 76.9 cm³/mol. The molecular formula is C15H22N4O. The van der Waals surface area contributed by atoms with Crippen LogP contribution in [-0.2, 0) is 11.3 Å². The lowest BCUT2D eigenvalue weighted by atomic mass is 9.81. The molecule has 1 aromatic heterocycles. The topological polar surface area (TPSA) is 71.9 Å². The van der Waals surface area contributed by atoms with E-state index in [0.29, 0.717) is 5.56 Å². The molecule has 0 aromatic carbocycles. The van der Waals surface area contributed by atoms with Crippen LogP contribution in [0.4, 0.5) is 0 Å². The number of hydrogen-bond donors (Lipinski definition) is 2. The monoisotopic (exact) mass is 274 g/mol. The number of H-pyrrole nitrogens is 1. The molecule has 1 atom stereocenters. The molecule has 0 unspecified atom stereocenters. The molecular weight excluding hydrogens is 252 g/mol. The maximum atomic E-state index is 12.0. The van der Waals surface area contributed by atoms with Gasteiger partial charge in [-0.2, -0.15) is 5.26 Å². The third-order valence-corrected chi connectivity index (χ3v) is 4.14. The largest absolute Gasteiger partial charge is 0.360 e. The van der Waals surface area contributed by atoms with Gasteiger partial charge in [0.1, 0.15) is 6.07 Å². The van der Waals surface area contributed by atoms with Gasteiger partial charge in [0.05, 0.1) is 11.0 Å². The van der Waals surface area contributed by atoms with E-state index < -0.39 is 0 Å². The Balaban J connectivity index is 2.06. The Morgan fingerprint density at radius 2 is 2.40 bits per heavy atom. The first-order valence-electron chi connectivity index (χ1n) is 7.01. The molecule has 2 N–H and O–H groups in total. The zero-order valence-electron chi connectivity index (χ0n) is 12.4. The zero-order valence-corrected chi connectivity index (χ0v) is 12.4. The van der Waals surface area contributed by atoms with E-state index in [4.69, 9.17) is 5.26 Å². The molecule has 1 aliphatic rings. The van der Waals surface area contributed by atoms with Gasteiger partial charge in [-0.25, -0.2) is 0 Å². The summed E-state index contributed by atoms with van der Waals surface area (Å²) in [5, 5.41) is 11.8. The van der Waals surface area contributed by atoms with Gasteiger partial charge in [-0.05, 0) is 39.3 Å². The maximum Gasteiger partial charge on any atom is 0.226 e. The van der Waals surface area contributed by atoms with Crippen molar-refractivity contribution in [3.05, 3.63) is 23.0 Å². The Hall–Kier alpha value is -1.80. The van der Waals surface area contributed by atoms with E-state index in [1.807, 2.05) is 19.9 Å². The molecule has 2 heterocycles. The summed E-state index contributed by atoms with van der Waals surface area (Å²) in [6.45, 7) is 6.44. The minimum absolute atomic E-state index is 0.114. The first kappa shape index (κ1) is 14.6. The zero-order chi connectivity index (χ0) is 14.8. The molecule has 0 spiro atoms. The highest BCUT2D eigenvalue weighted by Gasteiger charge is 2.37. The molecule has 0 aliphatic carbocycles. The van der Waals surface area contributed by atoms with E-state index in [1.54, 1.807) is 7.05 Å². The van der Waals surface area contributed by atoms with Gasteiger partial charge in [-0.1, -0.05) is 0 Å².